The summed E-state index contributed by atoms with van der Waals surface area (Å²) in [5, 5.41) is 4.59. The number of rotatable bonds is 5. The molecule has 156 valence electrons. The molecule has 0 amide bonds. The molecule has 0 bridgehead atoms. The first-order valence-electron chi connectivity index (χ1n) is 8.94. The second-order valence-electron chi connectivity index (χ2n) is 6.48. The zero-order chi connectivity index (χ0) is 22.2. The number of ether oxygens (including phenoxy) is 1. The minimum atomic E-state index is -0.943. The van der Waals surface area contributed by atoms with Crippen LogP contribution in [0.3, 0.4) is 0 Å². The lowest BCUT2D eigenvalue weighted by molar-refractivity contribution is 0.0468. The Labute approximate surface area is 168 Å². The highest BCUT2D eigenvalue weighted by molar-refractivity contribution is 6.05. The molecule has 3 rings (SSSR count). The van der Waals surface area contributed by atoms with Crippen LogP contribution in [-0.4, -0.2) is 37.3 Å². The Morgan fingerprint density at radius 2 is 1.67 bits per heavy atom. The van der Waals surface area contributed by atoms with Gasteiger partial charge in [-0.1, -0.05) is 18.2 Å². The van der Waals surface area contributed by atoms with Crippen molar-refractivity contribution in [1.29, 1.82) is 0 Å². The van der Waals surface area contributed by atoms with Gasteiger partial charge in [-0.2, -0.15) is 5.10 Å². The van der Waals surface area contributed by atoms with E-state index in [1.807, 2.05) is 0 Å². The predicted octanol–water partition coefficient (Wildman–Crippen LogP) is -0.564. The Morgan fingerprint density at radius 1 is 1.03 bits per heavy atom. The molecule has 1 aromatic carbocycles. The summed E-state index contributed by atoms with van der Waals surface area (Å²) in [5.41, 5.74) is 3.21. The smallest absolute Gasteiger partial charge is 0.359 e. The Balaban J connectivity index is 1.95. The lowest BCUT2D eigenvalue weighted by atomic mass is 10.1. The largest absolute Gasteiger partial charge is 0.452 e. The van der Waals surface area contributed by atoms with Gasteiger partial charge in [0.05, 0.1) is 5.39 Å². The fourth-order valence-electron chi connectivity index (χ4n) is 2.99. The van der Waals surface area contributed by atoms with E-state index in [1.54, 1.807) is 31.2 Å². The monoisotopic (exact) mass is 413 g/mol. The maximum Gasteiger partial charge on any atom is 0.359 e. The number of esters is 1. The van der Waals surface area contributed by atoms with E-state index in [9.17, 15) is 24.0 Å². The van der Waals surface area contributed by atoms with Gasteiger partial charge in [0, 0.05) is 26.0 Å². The molecule has 0 radical (unpaired) electrons. The zero-order valence-corrected chi connectivity index (χ0v) is 16.5. The number of nitrogens with zero attached hydrogens (tertiary/aromatic N) is 4. The fraction of sp³-hybridized carbons (Fsp3) is 0.263. The molecule has 3 aromatic rings. The summed E-state index contributed by atoms with van der Waals surface area (Å²) in [6.45, 7) is 1.13. The number of carbonyl (C=O) groups excluding carboxylic acids is 2. The summed E-state index contributed by atoms with van der Waals surface area (Å²) < 4.78 is 7.85. The Morgan fingerprint density at radius 3 is 2.30 bits per heavy atom. The van der Waals surface area contributed by atoms with Crippen LogP contribution in [0.2, 0.25) is 0 Å². The molecule has 2 heterocycles. The highest BCUT2D eigenvalue weighted by Gasteiger charge is 2.23. The van der Waals surface area contributed by atoms with Crippen molar-refractivity contribution < 1.29 is 14.3 Å². The molecule has 0 fully saturated rings. The van der Waals surface area contributed by atoms with Gasteiger partial charge < -0.3 is 10.5 Å². The maximum absolute atomic E-state index is 12.6. The third-order valence-electron chi connectivity index (χ3n) is 4.68. The highest BCUT2D eigenvalue weighted by atomic mass is 16.5. The number of nitrogen functional groups attached to an aromatic ring is 1. The number of hydrogen-bond acceptors (Lipinski definition) is 8. The van der Waals surface area contributed by atoms with E-state index < -0.39 is 35.2 Å². The molecular weight excluding hydrogens is 394 g/mol. The lowest BCUT2D eigenvalue weighted by Crippen LogP contribution is -2.42. The van der Waals surface area contributed by atoms with Crippen molar-refractivity contribution in [2.75, 3.05) is 12.3 Å². The Kier molecular flexibility index (Phi) is 5.37. The van der Waals surface area contributed by atoms with Gasteiger partial charge in [0.15, 0.2) is 12.3 Å². The summed E-state index contributed by atoms with van der Waals surface area (Å²) in [5.74, 6) is -2.14. The third kappa shape index (κ3) is 3.30. The highest BCUT2D eigenvalue weighted by Crippen LogP contribution is 2.14. The van der Waals surface area contributed by atoms with Crippen molar-refractivity contribution >= 4 is 28.3 Å². The van der Waals surface area contributed by atoms with Crippen LogP contribution in [0.1, 0.15) is 27.8 Å². The van der Waals surface area contributed by atoms with Crippen molar-refractivity contribution in [3.8, 4) is 0 Å². The van der Waals surface area contributed by atoms with Gasteiger partial charge in [0.1, 0.15) is 11.4 Å². The molecule has 2 N–H and O–H groups in total. The Hall–Kier alpha value is -4.02. The van der Waals surface area contributed by atoms with E-state index in [0.29, 0.717) is 0 Å². The van der Waals surface area contributed by atoms with Crippen LogP contribution in [-0.2, 0) is 25.4 Å². The number of ketones is 1. The Bertz CT molecular complexity index is 1360. The van der Waals surface area contributed by atoms with Gasteiger partial charge in [0.25, 0.3) is 11.1 Å². The van der Waals surface area contributed by atoms with Crippen molar-refractivity contribution in [2.45, 2.75) is 13.5 Å². The van der Waals surface area contributed by atoms with Crippen LogP contribution in [0, 0.1) is 0 Å². The molecule has 2 aromatic heterocycles. The van der Waals surface area contributed by atoms with E-state index in [2.05, 4.69) is 5.10 Å². The molecule has 0 aliphatic heterocycles. The number of anilines is 1. The number of aromatic nitrogens is 4. The molecule has 0 spiro atoms. The van der Waals surface area contributed by atoms with Crippen LogP contribution >= 0.6 is 0 Å². The van der Waals surface area contributed by atoms with Crippen LogP contribution in [0.25, 0.3) is 10.8 Å². The molecule has 0 unspecified atom stereocenters. The van der Waals surface area contributed by atoms with Crippen LogP contribution < -0.4 is 22.5 Å². The third-order valence-corrected chi connectivity index (χ3v) is 4.68. The summed E-state index contributed by atoms with van der Waals surface area (Å²) in [7, 11) is 2.51. The minimum Gasteiger partial charge on any atom is -0.452 e. The first-order valence-corrected chi connectivity index (χ1v) is 8.94. The van der Waals surface area contributed by atoms with Crippen LogP contribution in [0.15, 0.2) is 38.6 Å². The molecular formula is C19H19N5O6. The fourth-order valence-corrected chi connectivity index (χ4v) is 2.99. The van der Waals surface area contributed by atoms with Crippen molar-refractivity contribution in [3.05, 3.63) is 66.7 Å². The van der Waals surface area contributed by atoms with Crippen molar-refractivity contribution in [3.63, 3.8) is 0 Å². The average molecular weight is 413 g/mol. The number of hydrogen-bond donors (Lipinski definition) is 1. The van der Waals surface area contributed by atoms with Gasteiger partial charge >= 0.3 is 11.7 Å². The number of fused-ring (bicyclic) bond motifs is 1. The number of Topliss-reactive ketones (excluding diaryl/α,β-unsaturated/α-hetero) is 1. The summed E-state index contributed by atoms with van der Waals surface area (Å²) in [6.07, 6.45) is 0. The summed E-state index contributed by atoms with van der Waals surface area (Å²) in [6, 6.07) is 6.39. The van der Waals surface area contributed by atoms with E-state index in [0.717, 1.165) is 13.8 Å². The molecule has 0 aliphatic carbocycles. The summed E-state index contributed by atoms with van der Waals surface area (Å²) in [4.78, 5) is 61.6. The number of aryl methyl sites for hydroxylation is 1. The molecule has 30 heavy (non-hydrogen) atoms. The SMILES string of the molecule is CCn1nc(C(=O)OCC(=O)c2c(N)n(C)c(=O)n(C)c2=O)c2ccccc2c1=O. The average Bonchev–Trinajstić information content (AvgIpc) is 2.75. The van der Waals surface area contributed by atoms with E-state index in [1.165, 1.54) is 14.1 Å². The standard InChI is InChI=1S/C19H19N5O6/c1-4-24-16(26)11-8-6-5-7-10(11)14(21-24)18(28)30-9-12(25)13-15(20)22(2)19(29)23(3)17(13)27/h5-8H,4,9,20H2,1-3H3. The molecule has 11 nitrogen and oxygen atoms in total. The van der Waals surface area contributed by atoms with E-state index >= 15 is 0 Å². The maximum atomic E-state index is 12.6. The number of benzene rings is 1. The normalized spacial score (nSPS) is 10.9. The first kappa shape index (κ1) is 20.7. The predicted molar refractivity (Wildman–Crippen MR) is 108 cm³/mol. The number of nitrogens with two attached hydrogens (primary N) is 1. The second-order valence-corrected chi connectivity index (χ2v) is 6.48. The second kappa shape index (κ2) is 7.78. The molecule has 0 saturated heterocycles. The van der Waals surface area contributed by atoms with Gasteiger partial charge in [-0.05, 0) is 13.0 Å². The van der Waals surface area contributed by atoms with Crippen molar-refractivity contribution in [2.24, 2.45) is 14.1 Å². The molecule has 0 atom stereocenters. The topological polar surface area (TPSA) is 148 Å². The van der Waals surface area contributed by atoms with E-state index in [4.69, 9.17) is 10.5 Å². The molecule has 0 saturated carbocycles. The zero-order valence-electron chi connectivity index (χ0n) is 16.5. The first-order chi connectivity index (χ1) is 14.2. The molecule has 11 heteroatoms. The van der Waals surface area contributed by atoms with Gasteiger partial charge in [-0.15, -0.1) is 0 Å². The van der Waals surface area contributed by atoms with Gasteiger partial charge in [-0.3, -0.25) is 23.5 Å². The quantitative estimate of drug-likeness (QED) is 0.432. The van der Waals surface area contributed by atoms with Gasteiger partial charge in [-0.25, -0.2) is 14.3 Å². The summed E-state index contributed by atoms with van der Waals surface area (Å²) >= 11 is 0. The van der Waals surface area contributed by atoms with Gasteiger partial charge in [0.2, 0.25) is 5.78 Å². The lowest BCUT2D eigenvalue weighted by Gasteiger charge is -2.12. The van der Waals surface area contributed by atoms with Crippen molar-refractivity contribution in [1.82, 2.24) is 18.9 Å². The van der Waals surface area contributed by atoms with Crippen LogP contribution in [0.4, 0.5) is 5.82 Å². The molecule has 0 aliphatic rings. The van der Waals surface area contributed by atoms with Crippen LogP contribution in [0.5, 0.6) is 0 Å². The number of carbonyl (C=O) groups is 2. The minimum absolute atomic E-state index is 0.138. The van der Waals surface area contributed by atoms with E-state index in [-0.39, 0.29) is 34.4 Å².